The molecule has 10 heavy (non-hydrogen) atoms. The lowest BCUT2D eigenvalue weighted by Gasteiger charge is -1.75. The van der Waals surface area contributed by atoms with E-state index in [1.165, 1.54) is 5.69 Å². The molecule has 1 N–H and O–H groups in total. The Balaban J connectivity index is 0.000000180. The fraction of sp³-hybridized carbons (Fsp3) is 0.500. The third-order valence-electron chi connectivity index (χ3n) is 0.753. The van der Waals surface area contributed by atoms with E-state index in [-0.39, 0.29) is 8.80 Å². The topological polar surface area (TPSA) is 15.8 Å². The van der Waals surface area contributed by atoms with Crippen molar-refractivity contribution in [3.63, 3.8) is 0 Å². The van der Waals surface area contributed by atoms with Crippen molar-refractivity contribution in [3.05, 3.63) is 24.0 Å². The zero-order valence-corrected chi connectivity index (χ0v) is 8.23. The lowest BCUT2D eigenvalue weighted by atomic mass is 10.5. The van der Waals surface area contributed by atoms with Crippen molar-refractivity contribution in [2.75, 3.05) is 0 Å². The van der Waals surface area contributed by atoms with E-state index in [0.29, 0.717) is 0 Å². The van der Waals surface area contributed by atoms with E-state index in [1.54, 1.807) is 0 Å². The molecular weight excluding hydrogens is 138 g/mol. The van der Waals surface area contributed by atoms with Crippen LogP contribution in [0.4, 0.5) is 0 Å². The van der Waals surface area contributed by atoms with Crippen molar-refractivity contribution in [1.29, 1.82) is 0 Å². The standard InChI is InChI=1S/C5H7N.C3H9Si/c1-5-3-2-4-6-5;1-4(2)3/h2-4,6H,1H3;1-3H3. The molecule has 0 bridgehead atoms. The first-order valence-corrected chi connectivity index (χ1v) is 6.49. The minimum Gasteiger partial charge on any atom is -0.365 e. The van der Waals surface area contributed by atoms with Gasteiger partial charge in [0.15, 0.2) is 0 Å². The Morgan fingerprint density at radius 2 is 1.80 bits per heavy atom. The van der Waals surface area contributed by atoms with Gasteiger partial charge >= 0.3 is 0 Å². The monoisotopic (exact) mass is 154 g/mol. The van der Waals surface area contributed by atoms with Crippen LogP contribution >= 0.6 is 0 Å². The second kappa shape index (κ2) is 5.29. The van der Waals surface area contributed by atoms with Crippen LogP contribution in [0.25, 0.3) is 0 Å². The number of H-pyrrole nitrogens is 1. The van der Waals surface area contributed by atoms with Gasteiger partial charge in [0.25, 0.3) is 0 Å². The van der Waals surface area contributed by atoms with Crippen molar-refractivity contribution >= 4 is 8.80 Å². The van der Waals surface area contributed by atoms with Gasteiger partial charge in [-0.05, 0) is 19.1 Å². The molecular formula is C8H16NSi. The van der Waals surface area contributed by atoms with Gasteiger partial charge in [-0.3, -0.25) is 0 Å². The van der Waals surface area contributed by atoms with E-state index in [9.17, 15) is 0 Å². The molecule has 0 aromatic carbocycles. The molecule has 0 aliphatic rings. The Morgan fingerprint density at radius 1 is 1.30 bits per heavy atom. The summed E-state index contributed by atoms with van der Waals surface area (Å²) >= 11 is 0. The summed E-state index contributed by atoms with van der Waals surface area (Å²) < 4.78 is 0. The maximum absolute atomic E-state index is 3.00. The highest BCUT2D eigenvalue weighted by molar-refractivity contribution is 6.54. The number of rotatable bonds is 0. The summed E-state index contributed by atoms with van der Waals surface area (Å²) in [7, 11) is 0.120. The van der Waals surface area contributed by atoms with Gasteiger partial charge in [-0.15, -0.1) is 0 Å². The molecule has 0 aliphatic heterocycles. The summed E-state index contributed by atoms with van der Waals surface area (Å²) in [5.41, 5.74) is 1.22. The van der Waals surface area contributed by atoms with Crippen LogP contribution in [-0.4, -0.2) is 13.8 Å². The normalized spacial score (nSPS) is 8.90. The molecule has 1 rings (SSSR count). The minimum atomic E-state index is 0.120. The number of hydrogen-bond donors (Lipinski definition) is 1. The zero-order valence-electron chi connectivity index (χ0n) is 7.23. The highest BCUT2D eigenvalue weighted by Crippen LogP contribution is 1.86. The van der Waals surface area contributed by atoms with Crippen molar-refractivity contribution in [3.8, 4) is 0 Å². The largest absolute Gasteiger partial charge is 0.365 e. The Bertz CT molecular complexity index is 142. The number of aromatic nitrogens is 1. The van der Waals surface area contributed by atoms with Crippen LogP contribution in [0, 0.1) is 6.92 Å². The predicted molar refractivity (Wildman–Crippen MR) is 48.9 cm³/mol. The van der Waals surface area contributed by atoms with Crippen LogP contribution in [0.15, 0.2) is 18.3 Å². The van der Waals surface area contributed by atoms with E-state index < -0.39 is 0 Å². The highest BCUT2D eigenvalue weighted by Gasteiger charge is 1.72. The molecule has 2 heteroatoms. The number of hydrogen-bond acceptors (Lipinski definition) is 0. The van der Waals surface area contributed by atoms with Gasteiger partial charge in [0.1, 0.15) is 0 Å². The van der Waals surface area contributed by atoms with Gasteiger partial charge in [-0.2, -0.15) is 0 Å². The van der Waals surface area contributed by atoms with Crippen molar-refractivity contribution in [1.82, 2.24) is 4.98 Å². The maximum Gasteiger partial charge on any atom is 0.0379 e. The van der Waals surface area contributed by atoms with E-state index in [0.717, 1.165) is 0 Å². The van der Waals surface area contributed by atoms with Crippen LogP contribution < -0.4 is 0 Å². The first-order valence-electron chi connectivity index (χ1n) is 3.49. The minimum absolute atomic E-state index is 0.120. The van der Waals surface area contributed by atoms with Gasteiger partial charge in [0.05, 0.1) is 0 Å². The molecule has 1 aromatic rings. The molecule has 1 radical (unpaired) electrons. The van der Waals surface area contributed by atoms with Crippen LogP contribution in [0.2, 0.25) is 19.6 Å². The Kier molecular flexibility index (Phi) is 5.03. The summed E-state index contributed by atoms with van der Waals surface area (Å²) in [5.74, 6) is 0. The second-order valence-electron chi connectivity index (χ2n) is 2.85. The maximum atomic E-state index is 3.00. The molecule has 57 valence electrons. The molecule has 0 atom stereocenters. The van der Waals surface area contributed by atoms with Crippen molar-refractivity contribution < 1.29 is 0 Å². The Labute approximate surface area is 65.1 Å². The van der Waals surface area contributed by atoms with Gasteiger partial charge in [0, 0.05) is 20.7 Å². The van der Waals surface area contributed by atoms with Gasteiger partial charge < -0.3 is 4.98 Å². The molecule has 1 heterocycles. The lowest BCUT2D eigenvalue weighted by Crippen LogP contribution is -1.84. The van der Waals surface area contributed by atoms with Crippen LogP contribution in [0.1, 0.15) is 5.69 Å². The highest BCUT2D eigenvalue weighted by atomic mass is 28.3. The quantitative estimate of drug-likeness (QED) is 0.553. The molecule has 0 fully saturated rings. The molecule has 0 saturated carbocycles. The number of aromatic amines is 1. The zero-order chi connectivity index (χ0) is 7.98. The first kappa shape index (κ1) is 9.50. The smallest absolute Gasteiger partial charge is 0.0379 e. The third-order valence-corrected chi connectivity index (χ3v) is 0.753. The second-order valence-corrected chi connectivity index (χ2v) is 5.85. The van der Waals surface area contributed by atoms with E-state index in [2.05, 4.69) is 24.6 Å². The van der Waals surface area contributed by atoms with Gasteiger partial charge in [0.2, 0.25) is 0 Å². The number of nitrogens with one attached hydrogen (secondary N) is 1. The molecule has 0 spiro atoms. The van der Waals surface area contributed by atoms with Gasteiger partial charge in [-0.1, -0.05) is 19.6 Å². The molecule has 0 amide bonds. The van der Waals surface area contributed by atoms with Crippen molar-refractivity contribution in [2.45, 2.75) is 26.6 Å². The Morgan fingerprint density at radius 3 is 1.90 bits per heavy atom. The Hall–Kier alpha value is -0.503. The predicted octanol–water partition coefficient (Wildman–Crippen LogP) is 2.69. The molecule has 0 unspecified atom stereocenters. The summed E-state index contributed by atoms with van der Waals surface area (Å²) in [6.45, 7) is 8.83. The number of aryl methyl sites for hydroxylation is 1. The van der Waals surface area contributed by atoms with Crippen LogP contribution in [-0.2, 0) is 0 Å². The summed E-state index contributed by atoms with van der Waals surface area (Å²) in [6.07, 6.45) is 1.91. The molecule has 1 nitrogen and oxygen atoms in total. The molecule has 1 aromatic heterocycles. The van der Waals surface area contributed by atoms with Crippen LogP contribution in [0.3, 0.4) is 0 Å². The van der Waals surface area contributed by atoms with E-state index >= 15 is 0 Å². The molecule has 0 aliphatic carbocycles. The summed E-state index contributed by atoms with van der Waals surface area (Å²) in [6, 6.07) is 4.01. The SMILES string of the molecule is C[Si](C)C.Cc1ccc[nH]1. The summed E-state index contributed by atoms with van der Waals surface area (Å²) in [5, 5.41) is 0. The van der Waals surface area contributed by atoms with Gasteiger partial charge in [-0.25, -0.2) is 0 Å². The first-order chi connectivity index (χ1) is 4.63. The van der Waals surface area contributed by atoms with E-state index in [1.807, 2.05) is 25.3 Å². The molecule has 0 saturated heterocycles. The summed E-state index contributed by atoms with van der Waals surface area (Å²) in [4.78, 5) is 3.00. The van der Waals surface area contributed by atoms with Crippen LogP contribution in [0.5, 0.6) is 0 Å². The fourth-order valence-electron chi connectivity index (χ4n) is 0.420. The third kappa shape index (κ3) is 7.50. The lowest BCUT2D eigenvalue weighted by molar-refractivity contribution is 1.27. The fourth-order valence-corrected chi connectivity index (χ4v) is 0.420. The van der Waals surface area contributed by atoms with E-state index in [4.69, 9.17) is 0 Å². The average Bonchev–Trinajstić information content (AvgIpc) is 2.15. The average molecular weight is 154 g/mol. The van der Waals surface area contributed by atoms with Crippen molar-refractivity contribution in [2.24, 2.45) is 0 Å².